The van der Waals surface area contributed by atoms with E-state index in [9.17, 15) is 54.0 Å². The Bertz CT molecular complexity index is 2080. The maximum absolute atomic E-state index is 13.8. The van der Waals surface area contributed by atoms with Crippen molar-refractivity contribution in [3.63, 3.8) is 0 Å². The van der Waals surface area contributed by atoms with Gasteiger partial charge in [0.15, 0.2) is 11.9 Å². The second kappa shape index (κ2) is 25.4. The second-order valence-corrected chi connectivity index (χ2v) is 19.6. The highest BCUT2D eigenvalue weighted by Gasteiger charge is 2.59. The first-order chi connectivity index (χ1) is 33.2. The van der Waals surface area contributed by atoms with Gasteiger partial charge in [-0.05, 0) is 38.2 Å². The molecule has 3 saturated heterocycles. The third kappa shape index (κ3) is 16.1. The normalized spacial score (nSPS) is 33.3. The zero-order chi connectivity index (χ0) is 52.9. The van der Waals surface area contributed by atoms with Crippen molar-refractivity contribution in [3.8, 4) is 0 Å². The molecule has 0 aliphatic carbocycles. The summed E-state index contributed by atoms with van der Waals surface area (Å²) in [5.74, 6) is -11.0. The minimum atomic E-state index is -2.57. The number of fused-ring (bicyclic) bond motifs is 6. The van der Waals surface area contributed by atoms with Crippen molar-refractivity contribution in [2.75, 3.05) is 14.2 Å². The molecule has 3 fully saturated rings. The van der Waals surface area contributed by atoms with Gasteiger partial charge in [0.2, 0.25) is 5.79 Å². The van der Waals surface area contributed by atoms with E-state index in [2.05, 4.69) is 0 Å². The lowest BCUT2D eigenvalue weighted by Gasteiger charge is -2.53. The molecule has 0 aromatic rings. The highest BCUT2D eigenvalue weighted by Crippen LogP contribution is 2.50. The molecule has 6 bridgehead atoms. The summed E-state index contributed by atoms with van der Waals surface area (Å²) in [4.78, 5) is 89.7. The predicted molar refractivity (Wildman–Crippen MR) is 249 cm³/mol. The highest BCUT2D eigenvalue weighted by molar-refractivity contribution is 5.85. The molecule has 0 aromatic heterocycles. The van der Waals surface area contributed by atoms with Crippen LogP contribution in [0.3, 0.4) is 0 Å². The number of esters is 6. The van der Waals surface area contributed by atoms with Gasteiger partial charge >= 0.3 is 41.8 Å². The Kier molecular flexibility index (Phi) is 20.9. The van der Waals surface area contributed by atoms with Crippen LogP contribution >= 0.6 is 0 Å². The third-order valence-corrected chi connectivity index (χ3v) is 13.2. The maximum atomic E-state index is 13.8. The average Bonchev–Trinajstić information content (AvgIpc) is 3.26. The van der Waals surface area contributed by atoms with Gasteiger partial charge in [0.25, 0.3) is 0 Å². The van der Waals surface area contributed by atoms with Crippen LogP contribution in [0.2, 0.25) is 0 Å². The first-order valence-electron chi connectivity index (χ1n) is 23.9. The second-order valence-electron chi connectivity index (χ2n) is 19.6. The van der Waals surface area contributed by atoms with Gasteiger partial charge in [-0.1, -0.05) is 77.0 Å². The smallest absolute Gasteiger partial charge is 0.331 e. The molecule has 4 aliphatic rings. The number of aliphatic hydroxyl groups is 3. The molecule has 0 radical (unpaired) electrons. The van der Waals surface area contributed by atoms with Gasteiger partial charge in [-0.2, -0.15) is 0 Å². The van der Waals surface area contributed by atoms with Crippen LogP contribution in [0.4, 0.5) is 0 Å². The Morgan fingerprint density at radius 3 is 2.18 bits per heavy atom. The first-order valence-corrected chi connectivity index (χ1v) is 23.9. The number of hydrogen-bond acceptors (Lipinski definition) is 19. The van der Waals surface area contributed by atoms with E-state index < -0.39 is 138 Å². The van der Waals surface area contributed by atoms with Gasteiger partial charge in [0, 0.05) is 56.3 Å². The zero-order valence-corrected chi connectivity index (χ0v) is 42.1. The molecule has 4 heterocycles. The summed E-state index contributed by atoms with van der Waals surface area (Å²) >= 11 is 0. The van der Waals surface area contributed by atoms with Crippen LogP contribution < -0.4 is 0 Å². The van der Waals surface area contributed by atoms with Crippen molar-refractivity contribution in [1.82, 2.24) is 0 Å². The fraction of sp³-hybridized carbons (Fsp3) is 0.667. The standard InChI is InChI=1S/C51H72O20/c1-10-11-12-13-14-15-42(56)69-47-33(24-45(59)64-9)23-36-27-39(30(2)65-43(57)17-16-41(54)55)68-46(60)26-34(53)25-37-28-40(66-31(3)52)49(6,7)50(61,70-37)29-38-21-32(22-44(58)63-8)20-35(67-38)18-19-48(4,5)51(47,62)71-36/h12-15,18-19,22,24,30,34-40,47,53,61-62H,10-11,16-17,20-21,23,25-29H2,1-9H3,(H,54,55)/b13-12+,15-14+,19-18-,32-22+,33-24+/t30-,34-,35-,36-,37+,38-,39+,40-,47-,50-,51+/m0/s1. The van der Waals surface area contributed by atoms with E-state index >= 15 is 0 Å². The number of hydrogen-bond donors (Lipinski definition) is 4. The fourth-order valence-corrected chi connectivity index (χ4v) is 9.12. The number of unbranched alkanes of at least 4 members (excludes halogenated alkanes) is 1. The highest BCUT2D eigenvalue weighted by atomic mass is 16.7. The molecule has 20 heteroatoms. The molecule has 0 spiro atoms. The minimum absolute atomic E-state index is 0.0123. The Hall–Kier alpha value is -5.25. The van der Waals surface area contributed by atoms with E-state index in [0.29, 0.717) is 5.57 Å². The van der Waals surface area contributed by atoms with E-state index in [1.165, 1.54) is 33.1 Å². The molecule has 4 rings (SSSR count). The number of rotatable bonds is 13. The Labute approximate surface area is 414 Å². The molecule has 0 aromatic carbocycles. The van der Waals surface area contributed by atoms with Crippen LogP contribution in [0, 0.1) is 10.8 Å². The molecule has 4 aliphatic heterocycles. The molecule has 20 nitrogen and oxygen atoms in total. The van der Waals surface area contributed by atoms with Crippen molar-refractivity contribution in [1.29, 1.82) is 0 Å². The lowest BCUT2D eigenvalue weighted by Crippen LogP contribution is -2.62. The summed E-state index contributed by atoms with van der Waals surface area (Å²) in [6, 6.07) is 0. The number of allylic oxidation sites excluding steroid dienone is 3. The maximum Gasteiger partial charge on any atom is 0.331 e. The number of carbonyl (C=O) groups excluding carboxylic acids is 6. The van der Waals surface area contributed by atoms with Crippen LogP contribution in [0.25, 0.3) is 0 Å². The number of aliphatic hydroxyl groups excluding tert-OH is 1. The topological polar surface area (TPSA) is 283 Å². The van der Waals surface area contributed by atoms with Gasteiger partial charge in [-0.15, -0.1) is 0 Å². The van der Waals surface area contributed by atoms with Crippen molar-refractivity contribution in [2.45, 2.75) is 192 Å². The van der Waals surface area contributed by atoms with Crippen molar-refractivity contribution in [3.05, 3.63) is 59.8 Å². The fourth-order valence-electron chi connectivity index (χ4n) is 9.12. The third-order valence-electron chi connectivity index (χ3n) is 13.2. The van der Waals surface area contributed by atoms with E-state index in [4.69, 9.17) is 42.6 Å². The van der Waals surface area contributed by atoms with E-state index in [-0.39, 0.29) is 50.5 Å². The monoisotopic (exact) mass is 1000 g/mol. The number of carboxylic acid groups (broad SMARTS) is 1. The van der Waals surface area contributed by atoms with Crippen molar-refractivity contribution < 1.29 is 96.6 Å². The summed E-state index contributed by atoms with van der Waals surface area (Å²) in [7, 11) is 2.35. The predicted octanol–water partition coefficient (Wildman–Crippen LogP) is 4.70. The summed E-state index contributed by atoms with van der Waals surface area (Å²) in [6.45, 7) is 11.0. The molecule has 11 atom stereocenters. The number of carboxylic acids is 1. The summed E-state index contributed by atoms with van der Waals surface area (Å²) in [5.41, 5.74) is -2.32. The SMILES string of the molecule is CCC/C=C/C=C/C(=O)O[C@H]1/C(=C/C(=O)OC)C[C@H]2C[C@H]([C@H](C)OC(=O)CCC(=O)O)OC(=O)C[C@@H](O)C[C@@H]3C[C@H](OC(C)=O)C(C)(C)[C@](O)(C[C@@H]4C/C(=C/C(=O)OC)C[C@H](/C=C\C(C)(C)[C@]1(O)O2)O4)O3. The average molecular weight is 1010 g/mol. The zero-order valence-electron chi connectivity index (χ0n) is 42.1. The largest absolute Gasteiger partial charge is 0.481 e. The molecule has 0 saturated carbocycles. The summed E-state index contributed by atoms with van der Waals surface area (Å²) < 4.78 is 52.6. The first kappa shape index (κ1) is 58.3. The number of aliphatic carboxylic acids is 1. The molecular formula is C51H72O20. The Balaban J connectivity index is 1.93. The Morgan fingerprint density at radius 1 is 0.845 bits per heavy atom. The number of ether oxygens (including phenoxy) is 9. The van der Waals surface area contributed by atoms with Crippen LogP contribution in [0.5, 0.6) is 0 Å². The van der Waals surface area contributed by atoms with Gasteiger partial charge in [0.05, 0.1) is 69.4 Å². The number of methoxy groups -OCH3 is 2. The van der Waals surface area contributed by atoms with Gasteiger partial charge < -0.3 is 63.1 Å². The molecule has 4 N–H and O–H groups in total. The molecule has 0 unspecified atom stereocenters. The number of cyclic esters (lactones) is 1. The minimum Gasteiger partial charge on any atom is -0.481 e. The number of carbonyl (C=O) groups is 7. The molecule has 71 heavy (non-hydrogen) atoms. The van der Waals surface area contributed by atoms with Gasteiger partial charge in [-0.3, -0.25) is 19.2 Å². The van der Waals surface area contributed by atoms with Crippen molar-refractivity contribution in [2.24, 2.45) is 10.8 Å². The quantitative estimate of drug-likeness (QED) is 0.0640. The lowest BCUT2D eigenvalue weighted by atomic mass is 9.70. The Morgan fingerprint density at radius 2 is 1.54 bits per heavy atom. The van der Waals surface area contributed by atoms with Crippen LogP contribution in [-0.2, 0) is 76.2 Å². The van der Waals surface area contributed by atoms with E-state index in [1.807, 2.05) is 13.0 Å². The van der Waals surface area contributed by atoms with E-state index in [0.717, 1.165) is 32.1 Å². The van der Waals surface area contributed by atoms with Gasteiger partial charge in [0.1, 0.15) is 18.3 Å². The summed E-state index contributed by atoms with van der Waals surface area (Å²) in [6.07, 6.45) is -0.196. The van der Waals surface area contributed by atoms with E-state index in [1.54, 1.807) is 45.9 Å². The molecular weight excluding hydrogens is 933 g/mol. The lowest BCUT2D eigenvalue weighted by molar-refractivity contribution is -0.348. The van der Waals surface area contributed by atoms with Crippen molar-refractivity contribution >= 4 is 41.8 Å². The van der Waals surface area contributed by atoms with Crippen LogP contribution in [-0.4, -0.2) is 143 Å². The summed E-state index contributed by atoms with van der Waals surface area (Å²) in [5, 5.41) is 46.3. The van der Waals surface area contributed by atoms with Gasteiger partial charge in [-0.25, -0.2) is 14.4 Å². The van der Waals surface area contributed by atoms with Crippen LogP contribution in [0.1, 0.15) is 126 Å². The van der Waals surface area contributed by atoms with Crippen LogP contribution in [0.15, 0.2) is 59.8 Å². The molecule has 396 valence electrons. The molecule has 0 amide bonds.